The monoisotopic (exact) mass is 330 g/mol. The van der Waals surface area contributed by atoms with E-state index < -0.39 is 12.0 Å². The topological polar surface area (TPSA) is 78.4 Å². The Morgan fingerprint density at radius 3 is 2.78 bits per heavy atom. The Labute approximate surface area is 138 Å². The summed E-state index contributed by atoms with van der Waals surface area (Å²) >= 11 is 1.46. The van der Waals surface area contributed by atoms with Crippen molar-refractivity contribution in [3.05, 3.63) is 46.3 Å². The van der Waals surface area contributed by atoms with Crippen LogP contribution < -0.4 is 10.6 Å². The van der Waals surface area contributed by atoms with Gasteiger partial charge in [0.1, 0.15) is 6.10 Å². The van der Waals surface area contributed by atoms with Gasteiger partial charge < -0.3 is 15.7 Å². The summed E-state index contributed by atoms with van der Waals surface area (Å²) in [6.07, 6.45) is 0.673. The smallest absolute Gasteiger partial charge is 0.261 e. The molecule has 0 spiro atoms. The Morgan fingerprint density at radius 1 is 1.26 bits per heavy atom. The van der Waals surface area contributed by atoms with Crippen LogP contribution in [0.5, 0.6) is 0 Å². The highest BCUT2D eigenvalue weighted by atomic mass is 32.1. The third kappa shape index (κ3) is 3.13. The van der Waals surface area contributed by atoms with E-state index in [4.69, 9.17) is 0 Å². The molecular formula is C17H18N2O3S. The lowest BCUT2D eigenvalue weighted by Gasteiger charge is -2.15. The van der Waals surface area contributed by atoms with Gasteiger partial charge in [-0.15, -0.1) is 11.3 Å². The fraction of sp³-hybridized carbons (Fsp3) is 0.294. The minimum Gasteiger partial charge on any atom is -0.381 e. The Balaban J connectivity index is 1.75. The van der Waals surface area contributed by atoms with Crippen molar-refractivity contribution >= 4 is 23.2 Å². The largest absolute Gasteiger partial charge is 0.381 e. The molecule has 0 radical (unpaired) electrons. The summed E-state index contributed by atoms with van der Waals surface area (Å²) in [5.41, 5.74) is 3.69. The molecule has 0 unspecified atom stereocenters. The first kappa shape index (κ1) is 15.7. The van der Waals surface area contributed by atoms with E-state index in [1.165, 1.54) is 35.1 Å². The lowest BCUT2D eigenvalue weighted by atomic mass is 9.91. The zero-order valence-corrected chi connectivity index (χ0v) is 13.6. The van der Waals surface area contributed by atoms with Crippen LogP contribution >= 0.6 is 11.3 Å². The number of hydrogen-bond donors (Lipinski definition) is 3. The normalized spacial score (nSPS) is 13.7. The lowest BCUT2D eigenvalue weighted by molar-refractivity contribution is -0.128. The van der Waals surface area contributed by atoms with Crippen molar-refractivity contribution in [2.75, 3.05) is 13.6 Å². The molecule has 3 rings (SSSR count). The van der Waals surface area contributed by atoms with Crippen molar-refractivity contribution < 1.29 is 14.7 Å². The highest BCUT2D eigenvalue weighted by Gasteiger charge is 2.22. The molecule has 1 atom stereocenters. The van der Waals surface area contributed by atoms with Gasteiger partial charge in [-0.05, 0) is 35.6 Å². The quantitative estimate of drug-likeness (QED) is 0.792. The number of hydrogen-bond acceptors (Lipinski definition) is 4. The summed E-state index contributed by atoms with van der Waals surface area (Å²) in [6, 6.07) is 10.2. The average Bonchev–Trinajstić information content (AvgIpc) is 3.03. The molecule has 0 aliphatic heterocycles. The number of benzene rings is 1. The molecule has 0 saturated heterocycles. The van der Waals surface area contributed by atoms with E-state index in [0.29, 0.717) is 4.88 Å². The van der Waals surface area contributed by atoms with Crippen molar-refractivity contribution in [1.82, 2.24) is 10.6 Å². The molecule has 1 aromatic carbocycles. The second kappa shape index (κ2) is 6.52. The van der Waals surface area contributed by atoms with Crippen LogP contribution in [0.15, 0.2) is 30.3 Å². The predicted molar refractivity (Wildman–Crippen MR) is 89.6 cm³/mol. The van der Waals surface area contributed by atoms with Crippen LogP contribution in [0.1, 0.15) is 20.8 Å². The second-order valence-corrected chi connectivity index (χ2v) is 6.51. The summed E-state index contributed by atoms with van der Waals surface area (Å²) in [5, 5.41) is 14.5. The van der Waals surface area contributed by atoms with Crippen molar-refractivity contribution in [2.24, 2.45) is 0 Å². The number of carbonyl (C=O) groups is 2. The van der Waals surface area contributed by atoms with E-state index in [2.05, 4.69) is 22.8 Å². The molecule has 0 fully saturated rings. The maximum atomic E-state index is 12.2. The third-order valence-electron chi connectivity index (χ3n) is 3.96. The number of rotatable bonds is 4. The fourth-order valence-electron chi connectivity index (χ4n) is 2.72. The van der Waals surface area contributed by atoms with E-state index in [1.54, 1.807) is 0 Å². The molecule has 120 valence electrons. The number of thiophene rings is 1. The maximum Gasteiger partial charge on any atom is 0.261 e. The summed E-state index contributed by atoms with van der Waals surface area (Å²) < 4.78 is 0. The van der Waals surface area contributed by atoms with E-state index in [1.807, 2.05) is 18.2 Å². The van der Waals surface area contributed by atoms with Crippen molar-refractivity contribution in [3.8, 4) is 10.4 Å². The third-order valence-corrected chi connectivity index (χ3v) is 5.17. The molecule has 6 heteroatoms. The molecule has 0 saturated carbocycles. The first-order valence-corrected chi connectivity index (χ1v) is 8.30. The zero-order valence-electron chi connectivity index (χ0n) is 12.8. The molecule has 1 aliphatic rings. The summed E-state index contributed by atoms with van der Waals surface area (Å²) in [6.45, 7) is -0.0995. The van der Waals surface area contributed by atoms with Crippen LogP contribution in [0.25, 0.3) is 10.4 Å². The number of fused-ring (bicyclic) bond motifs is 3. The molecule has 23 heavy (non-hydrogen) atoms. The van der Waals surface area contributed by atoms with E-state index in [-0.39, 0.29) is 12.5 Å². The number of carbonyl (C=O) groups excluding carboxylic acids is 2. The van der Waals surface area contributed by atoms with Gasteiger partial charge in [0.2, 0.25) is 5.91 Å². The van der Waals surface area contributed by atoms with Crippen LogP contribution in [0.4, 0.5) is 0 Å². The van der Waals surface area contributed by atoms with Crippen LogP contribution in [0.2, 0.25) is 0 Å². The molecule has 0 bridgehead atoms. The van der Waals surface area contributed by atoms with Gasteiger partial charge in [-0.2, -0.15) is 0 Å². The van der Waals surface area contributed by atoms with Gasteiger partial charge in [0.05, 0.1) is 11.4 Å². The van der Waals surface area contributed by atoms with Crippen LogP contribution in [0, 0.1) is 0 Å². The molecule has 1 heterocycles. The number of amides is 2. The molecule has 3 N–H and O–H groups in total. The van der Waals surface area contributed by atoms with Gasteiger partial charge >= 0.3 is 0 Å². The Hall–Kier alpha value is -2.18. The molecule has 2 aromatic rings. The minimum absolute atomic E-state index is 0.0995. The summed E-state index contributed by atoms with van der Waals surface area (Å²) in [7, 11) is 1.44. The van der Waals surface area contributed by atoms with Crippen molar-refractivity contribution in [2.45, 2.75) is 18.9 Å². The van der Waals surface area contributed by atoms with Gasteiger partial charge in [-0.1, -0.05) is 24.3 Å². The van der Waals surface area contributed by atoms with Gasteiger partial charge in [0.15, 0.2) is 0 Å². The van der Waals surface area contributed by atoms with E-state index >= 15 is 0 Å². The van der Waals surface area contributed by atoms with Crippen LogP contribution in [0.3, 0.4) is 0 Å². The van der Waals surface area contributed by atoms with Gasteiger partial charge in [-0.25, -0.2) is 0 Å². The average molecular weight is 330 g/mol. The standard InChI is InChI=1S/C17H18N2O3S/c1-18-16(21)13(20)9-19-17(22)14-8-11-7-6-10-4-2-3-5-12(10)15(11)23-14/h2-5,8,13,20H,6-7,9H2,1H3,(H,18,21)(H,19,22)/t13-/m1/s1. The highest BCUT2D eigenvalue weighted by molar-refractivity contribution is 7.17. The minimum atomic E-state index is -1.24. The van der Waals surface area contributed by atoms with E-state index in [9.17, 15) is 14.7 Å². The lowest BCUT2D eigenvalue weighted by Crippen LogP contribution is -2.41. The molecule has 2 amide bonds. The second-order valence-electron chi connectivity index (χ2n) is 5.46. The zero-order chi connectivity index (χ0) is 16.4. The number of likely N-dealkylation sites (N-methyl/N-ethyl adjacent to an activating group) is 1. The Kier molecular flexibility index (Phi) is 4.45. The molecule has 5 nitrogen and oxygen atoms in total. The Bertz CT molecular complexity index is 754. The number of nitrogens with one attached hydrogen (secondary N) is 2. The van der Waals surface area contributed by atoms with Crippen LogP contribution in [-0.4, -0.2) is 36.6 Å². The van der Waals surface area contributed by atoms with Crippen LogP contribution in [-0.2, 0) is 17.6 Å². The Morgan fingerprint density at radius 2 is 2.00 bits per heavy atom. The number of aryl methyl sites for hydroxylation is 2. The maximum absolute atomic E-state index is 12.2. The highest BCUT2D eigenvalue weighted by Crippen LogP contribution is 2.39. The number of aliphatic hydroxyl groups excluding tert-OH is 1. The first-order chi connectivity index (χ1) is 11.1. The van der Waals surface area contributed by atoms with Gasteiger partial charge in [0, 0.05) is 11.9 Å². The van der Waals surface area contributed by atoms with Gasteiger partial charge in [-0.3, -0.25) is 9.59 Å². The molecule has 1 aromatic heterocycles. The summed E-state index contributed by atoms with van der Waals surface area (Å²) in [5.74, 6) is -0.769. The van der Waals surface area contributed by atoms with Crippen molar-refractivity contribution in [3.63, 3.8) is 0 Å². The number of aliphatic hydroxyl groups is 1. The molecule has 1 aliphatic carbocycles. The fourth-order valence-corrected chi connectivity index (χ4v) is 3.91. The molecular weight excluding hydrogens is 312 g/mol. The van der Waals surface area contributed by atoms with Gasteiger partial charge in [0.25, 0.3) is 5.91 Å². The predicted octanol–water partition coefficient (Wildman–Crippen LogP) is 1.35. The first-order valence-electron chi connectivity index (χ1n) is 7.49. The SMILES string of the molecule is CNC(=O)[C@H](O)CNC(=O)c1cc2c(s1)-c1ccccc1CC2. The van der Waals surface area contributed by atoms with E-state index in [0.717, 1.165) is 17.7 Å². The van der Waals surface area contributed by atoms with Crippen molar-refractivity contribution in [1.29, 1.82) is 0 Å². The summed E-state index contributed by atoms with van der Waals surface area (Å²) in [4.78, 5) is 25.2.